The van der Waals surface area contributed by atoms with Gasteiger partial charge in [0.15, 0.2) is 17.5 Å². The molecular weight excluding hydrogens is 227 g/mol. The van der Waals surface area contributed by atoms with Crippen LogP contribution in [0.25, 0.3) is 0 Å². The molecule has 0 fully saturated rings. The predicted molar refractivity (Wildman–Crippen MR) is 62.1 cm³/mol. The van der Waals surface area contributed by atoms with Crippen molar-refractivity contribution in [2.45, 2.75) is 39.7 Å². The maximum absolute atomic E-state index is 13.4. The van der Waals surface area contributed by atoms with E-state index in [1.807, 2.05) is 20.8 Å². The average molecular weight is 245 g/mol. The van der Waals surface area contributed by atoms with Gasteiger partial charge in [-0.25, -0.2) is 13.2 Å². The van der Waals surface area contributed by atoms with Crippen LogP contribution in [0.1, 0.15) is 32.8 Å². The molecule has 0 spiro atoms. The van der Waals surface area contributed by atoms with E-state index in [9.17, 15) is 13.2 Å². The molecule has 1 aromatic carbocycles. The summed E-state index contributed by atoms with van der Waals surface area (Å²) >= 11 is 0. The van der Waals surface area contributed by atoms with Gasteiger partial charge in [-0.05, 0) is 29.9 Å². The molecule has 0 heterocycles. The van der Waals surface area contributed by atoms with E-state index in [-0.39, 0.29) is 17.0 Å². The topological polar surface area (TPSA) is 26.0 Å². The van der Waals surface area contributed by atoms with Crippen LogP contribution in [0.4, 0.5) is 13.2 Å². The second kappa shape index (κ2) is 5.08. The van der Waals surface area contributed by atoms with E-state index in [0.29, 0.717) is 12.8 Å². The maximum Gasteiger partial charge on any atom is 0.194 e. The molecule has 0 saturated heterocycles. The Hall–Kier alpha value is -1.03. The van der Waals surface area contributed by atoms with Crippen molar-refractivity contribution in [2.24, 2.45) is 11.1 Å². The predicted octanol–water partition coefficient (Wildman–Crippen LogP) is 3.41. The lowest BCUT2D eigenvalue weighted by Crippen LogP contribution is -2.35. The lowest BCUT2D eigenvalue weighted by atomic mass is 9.84. The van der Waals surface area contributed by atoms with Gasteiger partial charge in [-0.3, -0.25) is 0 Å². The van der Waals surface area contributed by atoms with E-state index in [4.69, 9.17) is 5.73 Å². The van der Waals surface area contributed by atoms with Crippen LogP contribution in [-0.2, 0) is 6.42 Å². The SMILES string of the molecule is CC(C)(C)C(N)CCc1ccc(F)c(F)c1F. The minimum Gasteiger partial charge on any atom is -0.327 e. The Morgan fingerprint density at radius 1 is 1.12 bits per heavy atom. The molecule has 0 saturated carbocycles. The zero-order chi connectivity index (χ0) is 13.2. The molecule has 0 aliphatic carbocycles. The highest BCUT2D eigenvalue weighted by atomic mass is 19.2. The molecule has 1 rings (SSSR count). The number of nitrogens with two attached hydrogens (primary N) is 1. The molecule has 17 heavy (non-hydrogen) atoms. The second-order valence-corrected chi connectivity index (χ2v) is 5.35. The molecule has 0 aromatic heterocycles. The van der Waals surface area contributed by atoms with Crippen molar-refractivity contribution in [3.05, 3.63) is 35.1 Å². The lowest BCUT2D eigenvalue weighted by molar-refractivity contribution is 0.304. The van der Waals surface area contributed by atoms with Crippen molar-refractivity contribution in [1.82, 2.24) is 0 Å². The first-order valence-corrected chi connectivity index (χ1v) is 5.61. The largest absolute Gasteiger partial charge is 0.327 e. The fourth-order valence-corrected chi connectivity index (χ4v) is 1.50. The fraction of sp³-hybridized carbons (Fsp3) is 0.538. The van der Waals surface area contributed by atoms with E-state index < -0.39 is 17.5 Å². The Morgan fingerprint density at radius 3 is 2.24 bits per heavy atom. The molecule has 1 nitrogen and oxygen atoms in total. The molecule has 4 heteroatoms. The van der Waals surface area contributed by atoms with Gasteiger partial charge in [-0.15, -0.1) is 0 Å². The first kappa shape index (κ1) is 14.0. The smallest absolute Gasteiger partial charge is 0.194 e. The van der Waals surface area contributed by atoms with E-state index in [1.165, 1.54) is 6.07 Å². The number of hydrogen-bond acceptors (Lipinski definition) is 1. The van der Waals surface area contributed by atoms with Crippen molar-refractivity contribution < 1.29 is 13.2 Å². The zero-order valence-corrected chi connectivity index (χ0v) is 10.4. The second-order valence-electron chi connectivity index (χ2n) is 5.35. The van der Waals surface area contributed by atoms with Gasteiger partial charge in [0, 0.05) is 6.04 Å². The van der Waals surface area contributed by atoms with Gasteiger partial charge in [-0.2, -0.15) is 0 Å². The van der Waals surface area contributed by atoms with E-state index in [1.54, 1.807) is 0 Å². The van der Waals surface area contributed by atoms with Gasteiger partial charge in [0.25, 0.3) is 0 Å². The van der Waals surface area contributed by atoms with Crippen LogP contribution in [0.5, 0.6) is 0 Å². The molecule has 96 valence electrons. The lowest BCUT2D eigenvalue weighted by Gasteiger charge is -2.27. The maximum atomic E-state index is 13.4. The molecule has 1 unspecified atom stereocenters. The molecule has 1 aromatic rings. The number of aryl methyl sites for hydroxylation is 1. The summed E-state index contributed by atoms with van der Waals surface area (Å²) < 4.78 is 39.0. The van der Waals surface area contributed by atoms with Gasteiger partial charge >= 0.3 is 0 Å². The van der Waals surface area contributed by atoms with Crippen LogP contribution < -0.4 is 5.73 Å². The average Bonchev–Trinajstić information content (AvgIpc) is 2.23. The van der Waals surface area contributed by atoms with Gasteiger partial charge in [0.1, 0.15) is 0 Å². The minimum absolute atomic E-state index is 0.0882. The monoisotopic (exact) mass is 245 g/mol. The quantitative estimate of drug-likeness (QED) is 0.811. The number of halogens is 3. The highest BCUT2D eigenvalue weighted by molar-refractivity contribution is 5.20. The third-order valence-corrected chi connectivity index (χ3v) is 2.95. The molecule has 0 aliphatic rings. The summed E-state index contributed by atoms with van der Waals surface area (Å²) in [6.45, 7) is 5.96. The Kier molecular flexibility index (Phi) is 4.20. The van der Waals surface area contributed by atoms with Gasteiger partial charge in [-0.1, -0.05) is 26.8 Å². The minimum atomic E-state index is -1.41. The summed E-state index contributed by atoms with van der Waals surface area (Å²) in [5.41, 5.74) is 6.01. The molecule has 0 bridgehead atoms. The summed E-state index contributed by atoms with van der Waals surface area (Å²) in [6.07, 6.45) is 0.840. The Morgan fingerprint density at radius 2 is 1.71 bits per heavy atom. The molecule has 2 N–H and O–H groups in total. The highest BCUT2D eigenvalue weighted by Gasteiger charge is 2.21. The van der Waals surface area contributed by atoms with Gasteiger partial charge in [0.2, 0.25) is 0 Å². The molecule has 0 amide bonds. The fourth-order valence-electron chi connectivity index (χ4n) is 1.50. The Bertz CT molecular complexity index is 396. The summed E-state index contributed by atoms with van der Waals surface area (Å²) in [7, 11) is 0. The normalized spacial score (nSPS) is 13.8. The Labute approximate surface area is 99.8 Å². The number of benzene rings is 1. The molecule has 1 atom stereocenters. The van der Waals surface area contributed by atoms with Crippen LogP contribution >= 0.6 is 0 Å². The molecule has 0 aliphatic heterocycles. The Balaban J connectivity index is 2.74. The van der Waals surface area contributed by atoms with Crippen molar-refractivity contribution in [3.63, 3.8) is 0 Å². The van der Waals surface area contributed by atoms with E-state index in [2.05, 4.69) is 0 Å². The van der Waals surface area contributed by atoms with Crippen molar-refractivity contribution in [2.75, 3.05) is 0 Å². The van der Waals surface area contributed by atoms with Crippen LogP contribution in [0.15, 0.2) is 12.1 Å². The third kappa shape index (κ3) is 3.46. The summed E-state index contributed by atoms with van der Waals surface area (Å²) in [5, 5.41) is 0. The summed E-state index contributed by atoms with van der Waals surface area (Å²) in [5.74, 6) is -3.68. The molecule has 0 radical (unpaired) electrons. The standard InChI is InChI=1S/C13H18F3N/c1-13(2,3)10(17)7-5-8-4-6-9(14)12(16)11(8)15/h4,6,10H,5,7,17H2,1-3H3. The van der Waals surface area contributed by atoms with Crippen LogP contribution in [-0.4, -0.2) is 6.04 Å². The number of hydrogen-bond donors (Lipinski definition) is 1. The van der Waals surface area contributed by atoms with Crippen molar-refractivity contribution in [1.29, 1.82) is 0 Å². The van der Waals surface area contributed by atoms with Gasteiger partial charge < -0.3 is 5.73 Å². The van der Waals surface area contributed by atoms with E-state index in [0.717, 1.165) is 6.07 Å². The molecular formula is C13H18F3N. The highest BCUT2D eigenvalue weighted by Crippen LogP contribution is 2.23. The van der Waals surface area contributed by atoms with Crippen LogP contribution in [0.2, 0.25) is 0 Å². The summed E-state index contributed by atoms with van der Waals surface area (Å²) in [6, 6.07) is 2.09. The van der Waals surface area contributed by atoms with Crippen molar-refractivity contribution in [3.8, 4) is 0 Å². The van der Waals surface area contributed by atoms with Crippen molar-refractivity contribution >= 4 is 0 Å². The summed E-state index contributed by atoms with van der Waals surface area (Å²) in [4.78, 5) is 0. The van der Waals surface area contributed by atoms with Gasteiger partial charge in [0.05, 0.1) is 0 Å². The first-order valence-electron chi connectivity index (χ1n) is 5.61. The van der Waals surface area contributed by atoms with E-state index >= 15 is 0 Å². The van der Waals surface area contributed by atoms with Crippen LogP contribution in [0.3, 0.4) is 0 Å². The zero-order valence-electron chi connectivity index (χ0n) is 10.4. The third-order valence-electron chi connectivity index (χ3n) is 2.95. The number of rotatable bonds is 3. The first-order chi connectivity index (χ1) is 7.73. The van der Waals surface area contributed by atoms with Crippen LogP contribution in [0, 0.1) is 22.9 Å².